The number of nitrogens with zero attached hydrogens (tertiary/aromatic N) is 5. The Balaban J connectivity index is 0.00000304. The lowest BCUT2D eigenvalue weighted by atomic mass is 10.0. The first-order valence-electron chi connectivity index (χ1n) is 11.2. The molecule has 1 fully saturated rings. The Kier molecular flexibility index (Phi) is 8.35. The minimum Gasteiger partial charge on any atom is -0.493 e. The molecule has 36 heavy (non-hydrogen) atoms. The molecule has 0 spiro atoms. The Morgan fingerprint density at radius 1 is 1.11 bits per heavy atom. The van der Waals surface area contributed by atoms with Crippen LogP contribution in [0.1, 0.15) is 37.0 Å². The predicted molar refractivity (Wildman–Crippen MR) is 141 cm³/mol. The molecule has 2 aromatic heterocycles. The van der Waals surface area contributed by atoms with E-state index >= 15 is 0 Å². The smallest absolute Gasteiger partial charge is 0.244 e. The highest BCUT2D eigenvalue weighted by molar-refractivity contribution is 6.42. The number of anilines is 2. The highest BCUT2D eigenvalue weighted by Gasteiger charge is 2.26. The second kappa shape index (κ2) is 11.5. The Labute approximate surface area is 224 Å². The molecular weight excluding hydrogens is 527 g/mol. The van der Waals surface area contributed by atoms with Gasteiger partial charge in [0.05, 0.1) is 28.7 Å². The third-order valence-electron chi connectivity index (χ3n) is 6.00. The Bertz CT molecular complexity index is 1350. The minimum atomic E-state index is 0. The number of aromatic nitrogens is 4. The highest BCUT2D eigenvalue weighted by atomic mass is 35.5. The fourth-order valence-corrected chi connectivity index (χ4v) is 4.44. The first kappa shape index (κ1) is 26.2. The Morgan fingerprint density at radius 2 is 1.97 bits per heavy atom. The number of likely N-dealkylation sites (tertiary alicyclic amines) is 1. The zero-order valence-corrected chi connectivity index (χ0v) is 22.0. The van der Waals surface area contributed by atoms with Gasteiger partial charge in [0.1, 0.15) is 12.1 Å². The summed E-state index contributed by atoms with van der Waals surface area (Å²) >= 11 is 12.2. The van der Waals surface area contributed by atoms with Gasteiger partial charge in [-0.1, -0.05) is 34.8 Å². The predicted octanol–water partition coefficient (Wildman–Crippen LogP) is 6.23. The molecule has 1 atom stereocenters. The quantitative estimate of drug-likeness (QED) is 0.286. The fourth-order valence-electron chi connectivity index (χ4n) is 4.14. The van der Waals surface area contributed by atoms with E-state index in [1.165, 1.54) is 12.7 Å². The van der Waals surface area contributed by atoms with Crippen LogP contribution in [0, 0.1) is 0 Å². The van der Waals surface area contributed by atoms with E-state index in [0.29, 0.717) is 44.6 Å². The van der Waals surface area contributed by atoms with Gasteiger partial charge in [-0.3, -0.25) is 4.90 Å². The lowest BCUT2D eigenvalue weighted by molar-refractivity contribution is 0.150. The molecule has 12 heteroatoms. The number of halogens is 3. The van der Waals surface area contributed by atoms with Crippen molar-refractivity contribution >= 4 is 58.0 Å². The molecule has 9 nitrogen and oxygen atoms in total. The van der Waals surface area contributed by atoms with Gasteiger partial charge in [0.2, 0.25) is 11.7 Å². The highest BCUT2D eigenvalue weighted by Crippen LogP contribution is 2.36. The molecule has 1 unspecified atom stereocenters. The van der Waals surface area contributed by atoms with Crippen LogP contribution in [-0.4, -0.2) is 45.7 Å². The van der Waals surface area contributed by atoms with Crippen molar-refractivity contribution < 1.29 is 14.0 Å². The largest absolute Gasteiger partial charge is 0.493 e. The molecule has 2 aromatic carbocycles. The molecule has 190 valence electrons. The second-order valence-corrected chi connectivity index (χ2v) is 9.14. The van der Waals surface area contributed by atoms with Crippen molar-refractivity contribution in [3.8, 4) is 11.5 Å². The summed E-state index contributed by atoms with van der Waals surface area (Å²) in [7, 11) is 3.66. The van der Waals surface area contributed by atoms with Crippen molar-refractivity contribution in [1.29, 1.82) is 0 Å². The van der Waals surface area contributed by atoms with Crippen LogP contribution in [0.25, 0.3) is 10.9 Å². The maximum absolute atomic E-state index is 6.14. The standard InChI is InChI=1S/C24H24Cl2N6O3.ClH/c1-32-8-4-3-5-19(32)24-30-22(31-35-24)12-34-21-11-18-15(10-20(21)33-2)23(28-13-27-18)29-14-6-7-16(25)17(26)9-14;/h6-7,9-11,13,19H,3-5,8,12H2,1-2H3,(H,27,28,29);1H. The average molecular weight is 552 g/mol. The SMILES string of the molecule is COc1cc2c(Nc3ccc(Cl)c(Cl)c3)ncnc2cc1OCc1noc(C2CCCCN2C)n1.Cl. The number of hydrogen-bond acceptors (Lipinski definition) is 9. The lowest BCUT2D eigenvalue weighted by Crippen LogP contribution is -2.29. The monoisotopic (exact) mass is 550 g/mol. The van der Waals surface area contributed by atoms with E-state index in [0.717, 1.165) is 30.5 Å². The molecule has 1 saturated heterocycles. The van der Waals surface area contributed by atoms with E-state index in [9.17, 15) is 0 Å². The molecule has 4 aromatic rings. The number of ether oxygens (including phenoxy) is 2. The summed E-state index contributed by atoms with van der Waals surface area (Å²) < 4.78 is 17.1. The van der Waals surface area contributed by atoms with Crippen LogP contribution in [-0.2, 0) is 6.61 Å². The first-order chi connectivity index (χ1) is 17.0. The molecule has 1 aliphatic heterocycles. The van der Waals surface area contributed by atoms with E-state index in [-0.39, 0.29) is 25.1 Å². The summed E-state index contributed by atoms with van der Waals surface area (Å²) in [5, 5.41) is 9.03. The van der Waals surface area contributed by atoms with Gasteiger partial charge in [-0.15, -0.1) is 12.4 Å². The van der Waals surface area contributed by atoms with Gasteiger partial charge in [0.15, 0.2) is 18.1 Å². The number of benzene rings is 2. The van der Waals surface area contributed by atoms with E-state index in [1.807, 2.05) is 12.1 Å². The van der Waals surface area contributed by atoms with Crippen molar-refractivity contribution in [3.05, 3.63) is 58.4 Å². The van der Waals surface area contributed by atoms with Gasteiger partial charge in [-0.25, -0.2) is 9.97 Å². The third-order valence-corrected chi connectivity index (χ3v) is 6.74. The van der Waals surface area contributed by atoms with Crippen molar-refractivity contribution in [1.82, 2.24) is 25.0 Å². The Hall–Kier alpha value is -2.85. The van der Waals surface area contributed by atoms with Gasteiger partial charge in [0, 0.05) is 17.1 Å². The number of methoxy groups -OCH3 is 1. The Morgan fingerprint density at radius 3 is 2.75 bits per heavy atom. The molecule has 0 aliphatic carbocycles. The molecule has 5 rings (SSSR count). The van der Waals surface area contributed by atoms with Gasteiger partial charge in [-0.2, -0.15) is 4.98 Å². The van der Waals surface area contributed by atoms with Crippen molar-refractivity contribution in [2.24, 2.45) is 0 Å². The minimum absolute atomic E-state index is 0. The zero-order valence-electron chi connectivity index (χ0n) is 19.7. The topological polar surface area (TPSA) is 98.4 Å². The fraction of sp³-hybridized carbons (Fsp3) is 0.333. The van der Waals surface area contributed by atoms with E-state index in [4.69, 9.17) is 37.2 Å². The van der Waals surface area contributed by atoms with Crippen LogP contribution in [0.4, 0.5) is 11.5 Å². The van der Waals surface area contributed by atoms with Crippen LogP contribution in [0.5, 0.6) is 11.5 Å². The number of nitrogens with one attached hydrogen (secondary N) is 1. The molecule has 1 aliphatic rings. The van der Waals surface area contributed by atoms with Crippen LogP contribution in [0.3, 0.4) is 0 Å². The maximum atomic E-state index is 6.14. The summed E-state index contributed by atoms with van der Waals surface area (Å²) in [4.78, 5) is 15.6. The molecule has 0 radical (unpaired) electrons. The van der Waals surface area contributed by atoms with E-state index in [2.05, 4.69) is 37.4 Å². The van der Waals surface area contributed by atoms with Gasteiger partial charge in [-0.05, 0) is 50.7 Å². The number of hydrogen-bond donors (Lipinski definition) is 1. The van der Waals surface area contributed by atoms with E-state index in [1.54, 1.807) is 25.3 Å². The maximum Gasteiger partial charge on any atom is 0.244 e. The molecule has 0 saturated carbocycles. The van der Waals surface area contributed by atoms with Crippen molar-refractivity contribution in [2.45, 2.75) is 31.9 Å². The molecular formula is C24H25Cl3N6O3. The van der Waals surface area contributed by atoms with Crippen molar-refractivity contribution in [3.63, 3.8) is 0 Å². The number of rotatable bonds is 7. The molecule has 0 bridgehead atoms. The van der Waals surface area contributed by atoms with E-state index < -0.39 is 0 Å². The molecule has 1 N–H and O–H groups in total. The van der Waals surface area contributed by atoms with Crippen LogP contribution >= 0.6 is 35.6 Å². The zero-order chi connectivity index (χ0) is 24.4. The summed E-state index contributed by atoms with van der Waals surface area (Å²) in [6.07, 6.45) is 4.83. The third kappa shape index (κ3) is 5.59. The van der Waals surface area contributed by atoms with Crippen LogP contribution in [0.15, 0.2) is 41.2 Å². The van der Waals surface area contributed by atoms with Gasteiger partial charge in [0.25, 0.3) is 0 Å². The van der Waals surface area contributed by atoms with Gasteiger partial charge < -0.3 is 19.3 Å². The van der Waals surface area contributed by atoms with Crippen LogP contribution < -0.4 is 14.8 Å². The average Bonchev–Trinajstić information content (AvgIpc) is 3.33. The number of fused-ring (bicyclic) bond motifs is 1. The normalized spacial score (nSPS) is 15.9. The summed E-state index contributed by atoms with van der Waals surface area (Å²) in [5.74, 6) is 2.74. The molecule has 3 heterocycles. The first-order valence-corrected chi connectivity index (χ1v) is 12.0. The summed E-state index contributed by atoms with van der Waals surface area (Å²) in [6.45, 7) is 1.16. The lowest BCUT2D eigenvalue weighted by Gasteiger charge is -2.29. The second-order valence-electron chi connectivity index (χ2n) is 8.33. The number of piperidine rings is 1. The van der Waals surface area contributed by atoms with Crippen molar-refractivity contribution in [2.75, 3.05) is 26.0 Å². The summed E-state index contributed by atoms with van der Waals surface area (Å²) in [6, 6.07) is 9.04. The summed E-state index contributed by atoms with van der Waals surface area (Å²) in [5.41, 5.74) is 1.42. The van der Waals surface area contributed by atoms with Gasteiger partial charge >= 0.3 is 0 Å². The van der Waals surface area contributed by atoms with Crippen LogP contribution in [0.2, 0.25) is 10.0 Å². The molecule has 0 amide bonds.